The number of carbonyl (C=O) groups excluding carboxylic acids is 1. The zero-order chi connectivity index (χ0) is 15.9. The van der Waals surface area contributed by atoms with Gasteiger partial charge in [-0.25, -0.2) is 8.78 Å². The summed E-state index contributed by atoms with van der Waals surface area (Å²) in [5, 5.41) is 0. The van der Waals surface area contributed by atoms with E-state index < -0.39 is 25.6 Å². The predicted molar refractivity (Wildman–Crippen MR) is 70.8 cm³/mol. The first kappa shape index (κ1) is 16.0. The van der Waals surface area contributed by atoms with Crippen LogP contribution in [-0.4, -0.2) is 49.0 Å². The van der Waals surface area contributed by atoms with Crippen molar-refractivity contribution in [2.45, 2.75) is 50.5 Å². The molecule has 0 N–H and O–H groups in total. The Morgan fingerprint density at radius 1 is 1.09 bits per heavy atom. The van der Waals surface area contributed by atoms with E-state index in [0.717, 1.165) is 25.7 Å². The van der Waals surface area contributed by atoms with Crippen molar-refractivity contribution in [3.63, 3.8) is 0 Å². The molecule has 2 heterocycles. The molecule has 4 fully saturated rings. The van der Waals surface area contributed by atoms with Crippen LogP contribution in [0.25, 0.3) is 0 Å². The smallest absolute Gasteiger partial charge is 0.330 e. The molecule has 0 aromatic heterocycles. The molecule has 2 unspecified atom stereocenters. The van der Waals surface area contributed by atoms with Crippen LogP contribution in [0.15, 0.2) is 0 Å². The minimum absolute atomic E-state index is 0.169. The molecule has 2 saturated carbocycles. The van der Waals surface area contributed by atoms with Gasteiger partial charge in [0.25, 0.3) is 0 Å². The van der Waals surface area contributed by atoms with Gasteiger partial charge >= 0.3 is 12.3 Å². The second kappa shape index (κ2) is 5.98. The van der Waals surface area contributed by atoms with E-state index in [4.69, 9.17) is 0 Å². The molecular formula is C15H21F4NO2. The Kier molecular flexibility index (Phi) is 4.36. The number of hydrogen-bond donors (Lipinski definition) is 0. The van der Waals surface area contributed by atoms with Gasteiger partial charge in [-0.05, 0) is 49.9 Å². The third-order valence-corrected chi connectivity index (χ3v) is 5.27. The number of carbonyl (C=O) groups is 1. The average Bonchev–Trinajstić information content (AvgIpc) is 2.62. The van der Waals surface area contributed by atoms with Crippen molar-refractivity contribution in [3.05, 3.63) is 0 Å². The lowest BCUT2D eigenvalue weighted by Gasteiger charge is -2.39. The van der Waals surface area contributed by atoms with Crippen LogP contribution >= 0.6 is 0 Å². The highest BCUT2D eigenvalue weighted by molar-refractivity contribution is 5.78. The van der Waals surface area contributed by atoms with E-state index in [2.05, 4.69) is 4.74 Å². The zero-order valence-corrected chi connectivity index (χ0v) is 12.3. The lowest BCUT2D eigenvalue weighted by molar-refractivity contribution is -0.171. The van der Waals surface area contributed by atoms with Crippen molar-refractivity contribution in [1.82, 2.24) is 4.90 Å². The van der Waals surface area contributed by atoms with Gasteiger partial charge < -0.3 is 9.64 Å². The van der Waals surface area contributed by atoms with E-state index in [1.807, 2.05) is 0 Å². The first-order chi connectivity index (χ1) is 10.3. The van der Waals surface area contributed by atoms with Gasteiger partial charge in [0.15, 0.2) is 0 Å². The largest absolute Gasteiger partial charge is 0.365 e. The van der Waals surface area contributed by atoms with Crippen LogP contribution < -0.4 is 0 Å². The lowest BCUT2D eigenvalue weighted by Crippen LogP contribution is -2.44. The Bertz CT molecular complexity index is 418. The molecule has 2 aliphatic heterocycles. The van der Waals surface area contributed by atoms with Crippen LogP contribution in [0.4, 0.5) is 17.6 Å². The highest BCUT2D eigenvalue weighted by atomic mass is 19.3. The molecule has 4 bridgehead atoms. The first-order valence-electron chi connectivity index (χ1n) is 7.88. The Hall–Kier alpha value is -0.850. The number of hydrogen-bond acceptors (Lipinski definition) is 2. The second-order valence-electron chi connectivity index (χ2n) is 7.03. The molecular weight excluding hydrogens is 302 g/mol. The molecule has 4 atom stereocenters. The maximum Gasteiger partial charge on any atom is 0.330 e. The minimum atomic E-state index is -4.20. The Labute approximate surface area is 127 Å². The van der Waals surface area contributed by atoms with Crippen LogP contribution in [-0.2, 0) is 9.53 Å². The van der Waals surface area contributed by atoms with Crippen LogP contribution in [0.1, 0.15) is 32.1 Å². The molecule has 7 heteroatoms. The number of rotatable bonds is 5. The molecule has 4 aliphatic rings. The quantitative estimate of drug-likeness (QED) is 0.728. The van der Waals surface area contributed by atoms with Gasteiger partial charge in [0.2, 0.25) is 5.91 Å². The van der Waals surface area contributed by atoms with Crippen molar-refractivity contribution in [1.29, 1.82) is 0 Å². The van der Waals surface area contributed by atoms with Gasteiger partial charge in [0.1, 0.15) is 13.2 Å². The maximum absolute atomic E-state index is 12.8. The fourth-order valence-electron chi connectivity index (χ4n) is 4.51. The summed E-state index contributed by atoms with van der Waals surface area (Å²) in [6.07, 6.45) is 1.71. The highest BCUT2D eigenvalue weighted by Gasteiger charge is 2.44. The minimum Gasteiger partial charge on any atom is -0.365 e. The van der Waals surface area contributed by atoms with E-state index in [9.17, 15) is 22.4 Å². The summed E-state index contributed by atoms with van der Waals surface area (Å²) in [6, 6.07) is 0.169. The summed E-state index contributed by atoms with van der Waals surface area (Å²) in [7, 11) is 0. The number of halogens is 4. The molecule has 2 aliphatic carbocycles. The zero-order valence-electron chi connectivity index (χ0n) is 12.3. The third-order valence-electron chi connectivity index (χ3n) is 5.27. The van der Waals surface area contributed by atoms with Gasteiger partial charge in [-0.2, -0.15) is 8.78 Å². The molecule has 0 radical (unpaired) electrons. The fraction of sp³-hybridized carbons (Fsp3) is 0.933. The number of nitrogens with zero attached hydrogens (tertiary/aromatic N) is 1. The predicted octanol–water partition coefficient (Wildman–Crippen LogP) is 2.94. The van der Waals surface area contributed by atoms with Crippen molar-refractivity contribution in [2.24, 2.45) is 17.8 Å². The van der Waals surface area contributed by atoms with E-state index in [1.165, 1.54) is 6.42 Å². The normalized spacial score (nSPS) is 34.3. The Morgan fingerprint density at radius 2 is 1.68 bits per heavy atom. The summed E-state index contributed by atoms with van der Waals surface area (Å²) < 4.78 is 54.2. The monoisotopic (exact) mass is 323 g/mol. The highest BCUT2D eigenvalue weighted by Crippen LogP contribution is 2.47. The van der Waals surface area contributed by atoms with E-state index >= 15 is 0 Å². The molecule has 2 saturated heterocycles. The summed E-state index contributed by atoms with van der Waals surface area (Å²) in [5.41, 5.74) is 0. The van der Waals surface area contributed by atoms with E-state index in [-0.39, 0.29) is 11.9 Å². The maximum atomic E-state index is 12.8. The fourth-order valence-corrected chi connectivity index (χ4v) is 4.51. The molecule has 126 valence electrons. The van der Waals surface area contributed by atoms with Crippen molar-refractivity contribution >= 4 is 5.91 Å². The van der Waals surface area contributed by atoms with Crippen molar-refractivity contribution in [3.8, 4) is 0 Å². The van der Waals surface area contributed by atoms with Crippen LogP contribution in [0.5, 0.6) is 0 Å². The molecule has 0 spiro atoms. The standard InChI is InChI=1S/C15H21F4NO2/c16-14(17)15(18,19)8-22-7-13(21)20-6-11-2-9-1-10(3-11)5-12(20)4-9/h9-12,14H,1-8H2/t9-,10+,11?,12?. The van der Waals surface area contributed by atoms with Gasteiger partial charge in [-0.15, -0.1) is 0 Å². The first-order valence-corrected chi connectivity index (χ1v) is 7.88. The summed E-state index contributed by atoms with van der Waals surface area (Å²) >= 11 is 0. The van der Waals surface area contributed by atoms with Gasteiger partial charge in [0, 0.05) is 12.6 Å². The molecule has 4 rings (SSSR count). The Balaban J connectivity index is 1.54. The van der Waals surface area contributed by atoms with Crippen molar-refractivity contribution in [2.75, 3.05) is 19.8 Å². The van der Waals surface area contributed by atoms with E-state index in [0.29, 0.717) is 24.3 Å². The Morgan fingerprint density at radius 3 is 2.27 bits per heavy atom. The summed E-state index contributed by atoms with van der Waals surface area (Å²) in [4.78, 5) is 14.0. The lowest BCUT2D eigenvalue weighted by atomic mass is 9.68. The summed E-state index contributed by atoms with van der Waals surface area (Å²) in [6.45, 7) is -1.30. The number of amides is 1. The van der Waals surface area contributed by atoms with Gasteiger partial charge in [-0.1, -0.05) is 0 Å². The number of ether oxygens (including phenoxy) is 1. The van der Waals surface area contributed by atoms with Crippen LogP contribution in [0.2, 0.25) is 0 Å². The molecule has 1 amide bonds. The van der Waals surface area contributed by atoms with Gasteiger partial charge in [0.05, 0.1) is 0 Å². The molecule has 0 aromatic rings. The second-order valence-corrected chi connectivity index (χ2v) is 7.03. The third kappa shape index (κ3) is 3.24. The SMILES string of the molecule is O=C(COCC(F)(F)C(F)F)N1CC2C[C@@H]3CC1C[C@H](C2)C3. The van der Waals surface area contributed by atoms with E-state index in [1.54, 1.807) is 4.90 Å². The van der Waals surface area contributed by atoms with Crippen LogP contribution in [0, 0.1) is 17.8 Å². The average molecular weight is 323 g/mol. The molecule has 22 heavy (non-hydrogen) atoms. The molecule has 3 nitrogen and oxygen atoms in total. The van der Waals surface area contributed by atoms with Crippen LogP contribution in [0.3, 0.4) is 0 Å². The molecule has 0 aromatic carbocycles. The summed E-state index contributed by atoms with van der Waals surface area (Å²) in [5.74, 6) is -2.71. The topological polar surface area (TPSA) is 29.5 Å². The number of fused-ring (bicyclic) bond motifs is 1. The van der Waals surface area contributed by atoms with Gasteiger partial charge in [-0.3, -0.25) is 4.79 Å². The number of alkyl halides is 4. The van der Waals surface area contributed by atoms with Crippen molar-refractivity contribution < 1.29 is 27.1 Å².